The minimum absolute atomic E-state index is 0.0531. The number of carboxylic acids is 2. The van der Waals surface area contributed by atoms with Crippen LogP contribution in [-0.2, 0) is 36.3 Å². The lowest BCUT2D eigenvalue weighted by molar-refractivity contribution is -0.192. The third kappa shape index (κ3) is 9.34. The number of aromatic nitrogens is 2. The Morgan fingerprint density at radius 2 is 1.85 bits per heavy atom. The van der Waals surface area contributed by atoms with Crippen LogP contribution in [0.3, 0.4) is 0 Å². The maximum atomic E-state index is 12.3. The molecule has 218 valence electrons. The van der Waals surface area contributed by atoms with Gasteiger partial charge >= 0.3 is 18.1 Å². The number of amides is 1. The van der Waals surface area contributed by atoms with Gasteiger partial charge in [0, 0.05) is 31.8 Å². The number of carboxylic acid groups (broad SMARTS) is 2. The van der Waals surface area contributed by atoms with Crippen LogP contribution in [0.1, 0.15) is 24.0 Å². The number of rotatable bonds is 10. The smallest absolute Gasteiger partial charge is 0.480 e. The molecule has 1 amide bonds. The van der Waals surface area contributed by atoms with Gasteiger partial charge in [-0.3, -0.25) is 15.0 Å². The van der Waals surface area contributed by atoms with Crippen LogP contribution in [0.15, 0.2) is 47.0 Å². The molecule has 2 aromatic rings. The maximum Gasteiger partial charge on any atom is 0.490 e. The highest BCUT2D eigenvalue weighted by atomic mass is 32.2. The zero-order chi connectivity index (χ0) is 30.3. The Morgan fingerprint density at radius 1 is 1.25 bits per heavy atom. The van der Waals surface area contributed by atoms with Gasteiger partial charge in [0.25, 0.3) is 10.0 Å². The lowest BCUT2D eigenvalue weighted by Gasteiger charge is -2.15. The number of nitrogens with one attached hydrogen (secondary N) is 3. The molecular weight excluding hydrogens is 567 g/mol. The van der Waals surface area contributed by atoms with E-state index >= 15 is 0 Å². The van der Waals surface area contributed by atoms with E-state index in [1.807, 2.05) is 4.72 Å². The first kappa shape index (κ1) is 31.7. The minimum atomic E-state index is -5.08. The van der Waals surface area contributed by atoms with Crippen molar-refractivity contribution in [2.24, 2.45) is 17.9 Å². The van der Waals surface area contributed by atoms with E-state index in [4.69, 9.17) is 25.9 Å². The first-order valence-corrected chi connectivity index (χ1v) is 12.5. The van der Waals surface area contributed by atoms with Crippen molar-refractivity contribution in [3.05, 3.63) is 47.9 Å². The van der Waals surface area contributed by atoms with E-state index in [0.717, 1.165) is 5.56 Å². The van der Waals surface area contributed by atoms with Gasteiger partial charge < -0.3 is 30.7 Å². The van der Waals surface area contributed by atoms with Crippen molar-refractivity contribution in [3.8, 4) is 0 Å². The standard InChI is InChI=1S/C19H23N7O6S.C2HF3O2/c1-26-9-17(23-10-26)33(30,31)25-15(19(28)29)8-22-16(27)7-13-6-14(24-32-13)11-2-4-12(5-3-11)18(20)21;3-2(4,5)1(6)7/h2-5,9-10,13,15,25H,6-8H2,1H3,(H3,20,21)(H,22,27)(H,28,29);(H,6,7)/t13?,15-;/m0./s1. The summed E-state index contributed by atoms with van der Waals surface area (Å²) in [5.74, 6) is -4.78. The Balaban J connectivity index is 0.000000708. The fourth-order valence-corrected chi connectivity index (χ4v) is 4.17. The molecular formula is C21H24F3N7O8S. The molecule has 15 nitrogen and oxygen atoms in total. The van der Waals surface area contributed by atoms with Gasteiger partial charge in [-0.25, -0.2) is 18.2 Å². The second-order valence-electron chi connectivity index (χ2n) is 8.16. The molecule has 0 spiro atoms. The number of carbonyl (C=O) groups excluding carboxylic acids is 1. The molecule has 3 rings (SSSR count). The molecule has 0 radical (unpaired) electrons. The van der Waals surface area contributed by atoms with Gasteiger partial charge in [-0.05, 0) is 5.56 Å². The van der Waals surface area contributed by atoms with Crippen molar-refractivity contribution in [2.45, 2.75) is 36.2 Å². The number of amidine groups is 1. The molecule has 1 aromatic heterocycles. The lowest BCUT2D eigenvalue weighted by Crippen LogP contribution is -2.48. The molecule has 1 aromatic carbocycles. The number of alkyl halides is 3. The number of nitrogens with two attached hydrogens (primary N) is 1. The number of oxime groups is 1. The van der Waals surface area contributed by atoms with E-state index < -0.39 is 52.7 Å². The lowest BCUT2D eigenvalue weighted by atomic mass is 10.0. The average molecular weight is 592 g/mol. The fourth-order valence-electron chi connectivity index (χ4n) is 3.00. The van der Waals surface area contributed by atoms with Crippen molar-refractivity contribution < 1.29 is 51.0 Å². The SMILES string of the molecule is Cn1cnc(S(=O)(=O)N[C@@H](CNC(=O)CC2CC(c3ccc(C(=N)N)cc3)=NO2)C(=O)O)c1.O=C(O)C(F)(F)F. The highest BCUT2D eigenvalue weighted by Gasteiger charge is 2.38. The van der Waals surface area contributed by atoms with E-state index in [1.165, 1.54) is 17.1 Å². The van der Waals surface area contributed by atoms with Crippen molar-refractivity contribution in [1.82, 2.24) is 19.6 Å². The minimum Gasteiger partial charge on any atom is -0.480 e. The first-order valence-electron chi connectivity index (χ1n) is 11.0. The Hall–Kier alpha value is -4.52. The van der Waals surface area contributed by atoms with Crippen LogP contribution in [-0.4, -0.2) is 82.4 Å². The molecule has 0 fully saturated rings. The normalized spacial score (nSPS) is 15.6. The maximum absolute atomic E-state index is 12.3. The van der Waals surface area contributed by atoms with Gasteiger partial charge in [0.1, 0.15) is 18.0 Å². The third-order valence-electron chi connectivity index (χ3n) is 4.97. The van der Waals surface area contributed by atoms with Crippen LogP contribution in [0.25, 0.3) is 0 Å². The van der Waals surface area contributed by atoms with Gasteiger partial charge in [-0.2, -0.15) is 17.9 Å². The Labute approximate surface area is 224 Å². The molecule has 1 unspecified atom stereocenters. The topological polar surface area (TPSA) is 239 Å². The molecule has 0 bridgehead atoms. The average Bonchev–Trinajstić information content (AvgIpc) is 3.51. The highest BCUT2D eigenvalue weighted by molar-refractivity contribution is 7.89. The molecule has 40 heavy (non-hydrogen) atoms. The van der Waals surface area contributed by atoms with E-state index in [2.05, 4.69) is 15.5 Å². The zero-order valence-electron chi connectivity index (χ0n) is 20.5. The van der Waals surface area contributed by atoms with Crippen LogP contribution >= 0.6 is 0 Å². The summed E-state index contributed by atoms with van der Waals surface area (Å²) in [7, 11) is -2.61. The van der Waals surface area contributed by atoms with Gasteiger partial charge in [-0.15, -0.1) is 0 Å². The number of aryl methyl sites for hydroxylation is 1. The molecule has 1 aliphatic heterocycles. The van der Waals surface area contributed by atoms with Crippen LogP contribution in [0, 0.1) is 5.41 Å². The predicted molar refractivity (Wildman–Crippen MR) is 130 cm³/mol. The van der Waals surface area contributed by atoms with Crippen molar-refractivity contribution in [3.63, 3.8) is 0 Å². The number of imidazole rings is 1. The molecule has 0 aliphatic carbocycles. The molecule has 0 saturated carbocycles. The summed E-state index contributed by atoms with van der Waals surface area (Å²) in [6, 6.07) is 5.26. The fraction of sp³-hybridized carbons (Fsp3) is 0.333. The number of benzene rings is 1. The molecule has 2 heterocycles. The van der Waals surface area contributed by atoms with Gasteiger partial charge in [0.05, 0.1) is 18.5 Å². The highest BCUT2D eigenvalue weighted by Crippen LogP contribution is 2.19. The molecule has 2 atom stereocenters. The summed E-state index contributed by atoms with van der Waals surface area (Å²) in [5.41, 5.74) is 7.38. The van der Waals surface area contributed by atoms with Crippen LogP contribution in [0.4, 0.5) is 13.2 Å². The molecule has 7 N–H and O–H groups in total. The molecule has 19 heteroatoms. The van der Waals surface area contributed by atoms with Crippen molar-refractivity contribution in [1.29, 1.82) is 5.41 Å². The number of nitrogens with zero attached hydrogens (tertiary/aromatic N) is 3. The summed E-state index contributed by atoms with van der Waals surface area (Å²) < 4.78 is 59.7. The number of hydrogen-bond donors (Lipinski definition) is 6. The predicted octanol–water partition coefficient (Wildman–Crippen LogP) is -0.232. The third-order valence-corrected chi connectivity index (χ3v) is 6.33. The quantitative estimate of drug-likeness (QED) is 0.157. The van der Waals surface area contributed by atoms with Crippen LogP contribution in [0.2, 0.25) is 0 Å². The van der Waals surface area contributed by atoms with Crippen LogP contribution in [0.5, 0.6) is 0 Å². The largest absolute Gasteiger partial charge is 0.490 e. The Bertz CT molecular complexity index is 1390. The summed E-state index contributed by atoms with van der Waals surface area (Å²) in [4.78, 5) is 41.6. The summed E-state index contributed by atoms with van der Waals surface area (Å²) in [6.07, 6.45) is -2.90. The molecule has 1 aliphatic rings. The Kier molecular flexibility index (Phi) is 10.3. The summed E-state index contributed by atoms with van der Waals surface area (Å²) in [6.45, 7) is -0.465. The van der Waals surface area contributed by atoms with E-state index in [0.29, 0.717) is 17.7 Å². The Morgan fingerprint density at radius 3 is 2.33 bits per heavy atom. The summed E-state index contributed by atoms with van der Waals surface area (Å²) >= 11 is 0. The number of sulfonamides is 1. The van der Waals surface area contributed by atoms with Gasteiger partial charge in [0.15, 0.2) is 5.03 Å². The van der Waals surface area contributed by atoms with E-state index in [1.54, 1.807) is 31.3 Å². The zero-order valence-corrected chi connectivity index (χ0v) is 21.4. The second-order valence-corrected chi connectivity index (χ2v) is 9.82. The van der Waals surface area contributed by atoms with E-state index in [9.17, 15) is 36.3 Å². The van der Waals surface area contributed by atoms with Gasteiger partial charge in [-0.1, -0.05) is 29.4 Å². The second kappa shape index (κ2) is 13.0. The monoisotopic (exact) mass is 591 g/mol. The number of hydrogen-bond acceptors (Lipinski definition) is 9. The van der Waals surface area contributed by atoms with Gasteiger partial charge in [0.2, 0.25) is 5.91 Å². The molecule has 0 saturated heterocycles. The number of aliphatic carboxylic acids is 2. The van der Waals surface area contributed by atoms with Crippen molar-refractivity contribution >= 4 is 39.4 Å². The number of halogens is 3. The summed E-state index contributed by atoms with van der Waals surface area (Å²) in [5, 5.41) is 29.9. The number of carbonyl (C=O) groups is 3. The van der Waals surface area contributed by atoms with Crippen LogP contribution < -0.4 is 15.8 Å². The van der Waals surface area contributed by atoms with E-state index in [-0.39, 0.29) is 17.3 Å². The first-order chi connectivity index (χ1) is 18.5. The number of nitrogen functional groups attached to an aromatic ring is 1. The van der Waals surface area contributed by atoms with Crippen molar-refractivity contribution in [2.75, 3.05) is 6.54 Å².